The number of H-pyrrole nitrogens is 1. The molecule has 1 amide bonds. The Morgan fingerprint density at radius 2 is 1.93 bits per heavy atom. The topological polar surface area (TPSA) is 158 Å². The summed E-state index contributed by atoms with van der Waals surface area (Å²) >= 11 is 0. The molecule has 0 spiro atoms. The van der Waals surface area contributed by atoms with Crippen molar-refractivity contribution in [2.24, 2.45) is 5.73 Å². The van der Waals surface area contributed by atoms with E-state index in [9.17, 15) is 25.0 Å². The van der Waals surface area contributed by atoms with Crippen molar-refractivity contribution in [3.63, 3.8) is 0 Å². The first kappa shape index (κ1) is 9.57. The summed E-state index contributed by atoms with van der Waals surface area (Å²) in [6.07, 6.45) is 0. The number of aromatic nitrogens is 2. The van der Waals surface area contributed by atoms with Gasteiger partial charge < -0.3 is 26.0 Å². The van der Waals surface area contributed by atoms with E-state index in [0.29, 0.717) is 0 Å². The molecule has 0 radical (unpaired) electrons. The highest BCUT2D eigenvalue weighted by Crippen LogP contribution is 2.23. The summed E-state index contributed by atoms with van der Waals surface area (Å²) in [5.41, 5.74) is 3.89. The van der Waals surface area contributed by atoms with Gasteiger partial charge in [-0.1, -0.05) is 0 Å². The number of nitrogens with two attached hydrogens (primary N) is 1. The Labute approximate surface area is 75.0 Å². The second-order valence-corrected chi connectivity index (χ2v) is 2.15. The molecule has 10 nitrogen and oxygen atoms in total. The second kappa shape index (κ2) is 3.08. The Morgan fingerprint density at radius 1 is 1.36 bits per heavy atom. The highest BCUT2D eigenvalue weighted by atomic mass is 16.6. The number of amides is 1. The molecule has 3 N–H and O–H groups in total. The molecule has 0 aliphatic heterocycles. The molecule has 0 aromatic carbocycles. The zero-order chi connectivity index (χ0) is 10.9. The van der Waals surface area contributed by atoms with Gasteiger partial charge in [0.05, 0.1) is 0 Å². The molecule has 0 bridgehead atoms. The normalized spacial score (nSPS) is 9.71. The van der Waals surface area contributed by atoms with E-state index in [4.69, 9.17) is 5.73 Å². The fourth-order valence-corrected chi connectivity index (χ4v) is 0.815. The highest BCUT2D eigenvalue weighted by Gasteiger charge is 2.35. The van der Waals surface area contributed by atoms with E-state index in [2.05, 4.69) is 5.10 Å². The number of nitrogens with zero attached hydrogens (tertiary/aromatic N) is 3. The first-order valence-electron chi connectivity index (χ1n) is 3.12. The van der Waals surface area contributed by atoms with Crippen LogP contribution in [0.1, 0.15) is 10.4 Å². The van der Waals surface area contributed by atoms with Crippen LogP contribution < -0.4 is 5.73 Å². The number of aromatic amines is 1. The summed E-state index contributed by atoms with van der Waals surface area (Å²) in [5, 5.41) is 25.3. The molecule has 10 heteroatoms. The van der Waals surface area contributed by atoms with Crippen LogP contribution in [0.5, 0.6) is 0 Å². The standard InChI is InChI=1S/C4H3N5O5/c5-2(10)1-3(8(11)12)6-7-4(1)9(13)14/h(H2,5,10)(H,6,7). The van der Waals surface area contributed by atoms with Crippen LogP contribution in [-0.2, 0) is 0 Å². The fraction of sp³-hybridized carbons (Fsp3) is 0. The smallest absolute Gasteiger partial charge is 0.365 e. The minimum absolute atomic E-state index is 0.833. The third-order valence-corrected chi connectivity index (χ3v) is 1.33. The molecule has 0 fully saturated rings. The number of hydrogen-bond donors (Lipinski definition) is 2. The van der Waals surface area contributed by atoms with Gasteiger partial charge in [0.1, 0.15) is 5.10 Å². The van der Waals surface area contributed by atoms with E-state index in [1.54, 1.807) is 5.10 Å². The lowest BCUT2D eigenvalue weighted by molar-refractivity contribution is -0.394. The van der Waals surface area contributed by atoms with E-state index >= 15 is 0 Å². The summed E-state index contributed by atoms with van der Waals surface area (Å²) in [4.78, 5) is 29.1. The first-order chi connectivity index (χ1) is 6.45. The summed E-state index contributed by atoms with van der Waals surface area (Å²) in [5.74, 6) is -3.12. The summed E-state index contributed by atoms with van der Waals surface area (Å²) in [7, 11) is 0. The Morgan fingerprint density at radius 3 is 2.29 bits per heavy atom. The predicted molar refractivity (Wildman–Crippen MR) is 40.4 cm³/mol. The molecular formula is C4H3N5O5. The van der Waals surface area contributed by atoms with Gasteiger partial charge in [-0.3, -0.25) is 4.79 Å². The highest BCUT2D eigenvalue weighted by molar-refractivity contribution is 5.99. The van der Waals surface area contributed by atoms with Crippen LogP contribution in [-0.4, -0.2) is 26.0 Å². The second-order valence-electron chi connectivity index (χ2n) is 2.15. The van der Waals surface area contributed by atoms with Crippen molar-refractivity contribution in [2.75, 3.05) is 0 Å². The molecule has 0 saturated carbocycles. The zero-order valence-electron chi connectivity index (χ0n) is 6.46. The molecule has 1 aromatic rings. The van der Waals surface area contributed by atoms with Crippen molar-refractivity contribution in [2.45, 2.75) is 0 Å². The molecule has 1 rings (SSSR count). The fourth-order valence-electron chi connectivity index (χ4n) is 0.815. The van der Waals surface area contributed by atoms with Crippen molar-refractivity contribution in [1.82, 2.24) is 10.2 Å². The average Bonchev–Trinajstić information content (AvgIpc) is 2.46. The van der Waals surface area contributed by atoms with Gasteiger partial charge in [0.2, 0.25) is 5.56 Å². The van der Waals surface area contributed by atoms with Gasteiger partial charge in [-0.25, -0.2) is 0 Å². The third kappa shape index (κ3) is 1.35. The maximum absolute atomic E-state index is 10.7. The van der Waals surface area contributed by atoms with Gasteiger partial charge in [-0.2, -0.15) is 0 Å². The Bertz CT molecular complexity index is 390. The Hall–Kier alpha value is -2.52. The monoisotopic (exact) mass is 201 g/mol. The van der Waals surface area contributed by atoms with E-state index in [1.165, 1.54) is 0 Å². The quantitative estimate of drug-likeness (QED) is 0.487. The van der Waals surface area contributed by atoms with E-state index in [-0.39, 0.29) is 0 Å². The van der Waals surface area contributed by atoms with Crippen LogP contribution in [0.15, 0.2) is 0 Å². The number of primary amides is 1. The van der Waals surface area contributed by atoms with Crippen molar-refractivity contribution >= 4 is 17.5 Å². The minimum atomic E-state index is -1.28. The largest absolute Gasteiger partial charge is 0.433 e. The van der Waals surface area contributed by atoms with Gasteiger partial charge in [0.15, 0.2) is 0 Å². The van der Waals surface area contributed by atoms with Crippen molar-refractivity contribution in [1.29, 1.82) is 0 Å². The molecule has 0 atom stereocenters. The maximum Gasteiger partial charge on any atom is 0.433 e. The van der Waals surface area contributed by atoms with E-state index < -0.39 is 33.0 Å². The molecule has 14 heavy (non-hydrogen) atoms. The van der Waals surface area contributed by atoms with Crippen LogP contribution in [0.2, 0.25) is 0 Å². The minimum Gasteiger partial charge on any atom is -0.365 e. The van der Waals surface area contributed by atoms with Crippen molar-refractivity contribution in [3.05, 3.63) is 25.8 Å². The molecule has 0 aliphatic rings. The van der Waals surface area contributed by atoms with Gasteiger partial charge in [-0.15, -0.1) is 0 Å². The van der Waals surface area contributed by atoms with Crippen LogP contribution in [0.4, 0.5) is 11.6 Å². The number of hydrogen-bond acceptors (Lipinski definition) is 6. The predicted octanol–water partition coefficient (Wildman–Crippen LogP) is -0.675. The SMILES string of the molecule is NC(=O)c1c([N+](=O)[O-])n[nH]c1[N+](=O)[O-]. The van der Waals surface area contributed by atoms with Gasteiger partial charge >= 0.3 is 11.6 Å². The summed E-state index contributed by atoms with van der Waals surface area (Å²) in [6.45, 7) is 0. The van der Waals surface area contributed by atoms with Crippen molar-refractivity contribution < 1.29 is 14.6 Å². The number of carbonyl (C=O) groups excluding carboxylic acids is 1. The molecule has 0 aliphatic carbocycles. The molecule has 0 saturated heterocycles. The van der Waals surface area contributed by atoms with Gasteiger partial charge in [0.25, 0.3) is 5.91 Å². The number of rotatable bonds is 3. The van der Waals surface area contributed by atoms with Gasteiger partial charge in [0, 0.05) is 0 Å². The van der Waals surface area contributed by atoms with Crippen LogP contribution >= 0.6 is 0 Å². The number of nitro groups is 2. The molecule has 74 valence electrons. The lowest BCUT2D eigenvalue weighted by Crippen LogP contribution is -2.14. The number of carbonyl (C=O) groups is 1. The Kier molecular flexibility index (Phi) is 2.11. The molecular weight excluding hydrogens is 198 g/mol. The van der Waals surface area contributed by atoms with E-state index in [1.807, 2.05) is 0 Å². The van der Waals surface area contributed by atoms with Crippen LogP contribution in [0.25, 0.3) is 0 Å². The van der Waals surface area contributed by atoms with E-state index in [0.717, 1.165) is 0 Å². The lowest BCUT2D eigenvalue weighted by Gasteiger charge is -1.91. The molecule has 1 aromatic heterocycles. The lowest BCUT2D eigenvalue weighted by atomic mass is 10.3. The zero-order valence-corrected chi connectivity index (χ0v) is 6.46. The van der Waals surface area contributed by atoms with Crippen LogP contribution in [0.3, 0.4) is 0 Å². The van der Waals surface area contributed by atoms with Crippen LogP contribution in [0, 0.1) is 20.2 Å². The molecule has 1 heterocycles. The summed E-state index contributed by atoms with van der Waals surface area (Å²) < 4.78 is 0. The Balaban J connectivity index is 3.42. The van der Waals surface area contributed by atoms with Gasteiger partial charge in [-0.05, 0) is 14.9 Å². The number of nitrogens with one attached hydrogen (secondary N) is 1. The maximum atomic E-state index is 10.7. The summed E-state index contributed by atoms with van der Waals surface area (Å²) in [6, 6.07) is 0. The third-order valence-electron chi connectivity index (χ3n) is 1.33. The molecule has 0 unspecified atom stereocenters. The first-order valence-corrected chi connectivity index (χ1v) is 3.12. The average molecular weight is 201 g/mol. The van der Waals surface area contributed by atoms with Crippen molar-refractivity contribution in [3.8, 4) is 0 Å².